The number of aromatic amines is 1. The molecule has 1 saturated carbocycles. The first kappa shape index (κ1) is 14.6. The summed E-state index contributed by atoms with van der Waals surface area (Å²) in [4.78, 5) is 43.4. The Morgan fingerprint density at radius 1 is 1.36 bits per heavy atom. The maximum atomic E-state index is 12.5. The van der Waals surface area contributed by atoms with E-state index in [1.165, 1.54) is 25.3 Å². The van der Waals surface area contributed by atoms with E-state index in [0.29, 0.717) is 22.6 Å². The standard InChI is InChI=1S/C15H18N2O5/c1-2-21-17-14(19)12-10(7-6-9-4-3-5-9)8-11(18)22-13(12)16-15(17)20/h8-9H,2-7H2,1H3,(H,16,20). The van der Waals surface area contributed by atoms with Crippen molar-refractivity contribution in [2.45, 2.75) is 39.0 Å². The van der Waals surface area contributed by atoms with E-state index in [0.717, 1.165) is 6.42 Å². The topological polar surface area (TPSA) is 94.3 Å². The van der Waals surface area contributed by atoms with Crippen LogP contribution in [0.3, 0.4) is 0 Å². The van der Waals surface area contributed by atoms with Gasteiger partial charge in [-0.25, -0.2) is 9.59 Å². The van der Waals surface area contributed by atoms with Gasteiger partial charge in [-0.15, -0.1) is 0 Å². The molecular formula is C15H18N2O5. The number of aromatic nitrogens is 2. The molecule has 1 aliphatic rings. The Hall–Kier alpha value is -2.31. The van der Waals surface area contributed by atoms with Crippen LogP contribution in [0, 0.1) is 5.92 Å². The second-order valence-corrected chi connectivity index (χ2v) is 5.58. The van der Waals surface area contributed by atoms with Crippen molar-refractivity contribution in [3.05, 3.63) is 42.9 Å². The van der Waals surface area contributed by atoms with Crippen LogP contribution in [0.1, 0.15) is 38.2 Å². The average molecular weight is 306 g/mol. The van der Waals surface area contributed by atoms with Gasteiger partial charge in [-0.05, 0) is 31.2 Å². The normalized spacial score (nSPS) is 15.0. The number of H-pyrrole nitrogens is 1. The van der Waals surface area contributed by atoms with Crippen molar-refractivity contribution in [1.82, 2.24) is 9.71 Å². The maximum absolute atomic E-state index is 12.5. The van der Waals surface area contributed by atoms with E-state index < -0.39 is 16.9 Å². The Morgan fingerprint density at radius 2 is 2.14 bits per heavy atom. The fraction of sp³-hybridized carbons (Fsp3) is 0.533. The molecule has 1 aliphatic carbocycles. The summed E-state index contributed by atoms with van der Waals surface area (Å²) in [6.45, 7) is 1.86. The zero-order valence-corrected chi connectivity index (χ0v) is 12.4. The molecule has 0 radical (unpaired) electrons. The van der Waals surface area contributed by atoms with Crippen LogP contribution < -0.4 is 21.7 Å². The summed E-state index contributed by atoms with van der Waals surface area (Å²) in [6.07, 6.45) is 5.16. The van der Waals surface area contributed by atoms with Crippen LogP contribution in [-0.2, 0) is 6.42 Å². The molecule has 3 rings (SSSR count). The van der Waals surface area contributed by atoms with Crippen LogP contribution in [0.2, 0.25) is 0 Å². The lowest BCUT2D eigenvalue weighted by atomic mass is 9.81. The third-order valence-electron chi connectivity index (χ3n) is 4.15. The number of hydrogen-bond donors (Lipinski definition) is 1. The van der Waals surface area contributed by atoms with Gasteiger partial charge in [-0.2, -0.15) is 0 Å². The maximum Gasteiger partial charge on any atom is 0.364 e. The Bertz CT molecular complexity index is 857. The molecule has 0 atom stereocenters. The van der Waals surface area contributed by atoms with Crippen LogP contribution in [0.25, 0.3) is 11.1 Å². The number of fused-ring (bicyclic) bond motifs is 1. The number of aryl methyl sites for hydroxylation is 1. The molecule has 7 heteroatoms. The minimum atomic E-state index is -0.751. The van der Waals surface area contributed by atoms with Gasteiger partial charge < -0.3 is 9.25 Å². The number of nitrogens with zero attached hydrogens (tertiary/aromatic N) is 1. The molecule has 0 spiro atoms. The number of nitrogens with one attached hydrogen (secondary N) is 1. The van der Waals surface area contributed by atoms with Gasteiger partial charge in [-0.3, -0.25) is 9.78 Å². The van der Waals surface area contributed by atoms with Crippen LogP contribution >= 0.6 is 0 Å². The van der Waals surface area contributed by atoms with Crippen LogP contribution in [-0.4, -0.2) is 16.3 Å². The zero-order chi connectivity index (χ0) is 15.7. The molecule has 22 heavy (non-hydrogen) atoms. The SMILES string of the molecule is CCOn1c(=O)[nH]c2oc(=O)cc(CCC3CCC3)c2c1=O. The second-order valence-electron chi connectivity index (χ2n) is 5.58. The smallest absolute Gasteiger partial charge is 0.364 e. The predicted molar refractivity (Wildman–Crippen MR) is 80.1 cm³/mol. The summed E-state index contributed by atoms with van der Waals surface area (Å²) in [6, 6.07) is 1.33. The molecule has 2 heterocycles. The van der Waals surface area contributed by atoms with E-state index in [-0.39, 0.29) is 17.7 Å². The highest BCUT2D eigenvalue weighted by Gasteiger charge is 2.20. The van der Waals surface area contributed by atoms with Crippen molar-refractivity contribution < 1.29 is 9.25 Å². The van der Waals surface area contributed by atoms with Gasteiger partial charge in [-0.1, -0.05) is 24.0 Å². The molecule has 0 bridgehead atoms. The molecule has 2 aromatic rings. The van der Waals surface area contributed by atoms with E-state index >= 15 is 0 Å². The average Bonchev–Trinajstić information content (AvgIpc) is 2.40. The molecule has 2 aromatic heterocycles. The molecule has 7 nitrogen and oxygen atoms in total. The van der Waals surface area contributed by atoms with Gasteiger partial charge in [0.15, 0.2) is 0 Å². The lowest BCUT2D eigenvalue weighted by Crippen LogP contribution is -2.40. The number of rotatable bonds is 5. The minimum Gasteiger partial charge on any atom is -0.406 e. The van der Waals surface area contributed by atoms with Gasteiger partial charge in [0.05, 0.1) is 0 Å². The Kier molecular flexibility index (Phi) is 3.87. The van der Waals surface area contributed by atoms with Crippen molar-refractivity contribution in [2.75, 3.05) is 6.61 Å². The first-order valence-corrected chi connectivity index (χ1v) is 7.55. The quantitative estimate of drug-likeness (QED) is 0.882. The third-order valence-corrected chi connectivity index (χ3v) is 4.15. The molecule has 0 aromatic carbocycles. The van der Waals surface area contributed by atoms with Crippen LogP contribution in [0.4, 0.5) is 0 Å². The summed E-state index contributed by atoms with van der Waals surface area (Å²) in [5.41, 5.74) is -1.39. The highest BCUT2D eigenvalue weighted by molar-refractivity contribution is 5.75. The lowest BCUT2D eigenvalue weighted by molar-refractivity contribution is 0.103. The molecule has 1 fully saturated rings. The van der Waals surface area contributed by atoms with E-state index in [9.17, 15) is 14.4 Å². The van der Waals surface area contributed by atoms with Gasteiger partial charge >= 0.3 is 16.9 Å². The monoisotopic (exact) mass is 306 g/mol. The van der Waals surface area contributed by atoms with Crippen molar-refractivity contribution in [1.29, 1.82) is 0 Å². The molecule has 0 saturated heterocycles. The fourth-order valence-corrected chi connectivity index (χ4v) is 2.79. The summed E-state index contributed by atoms with van der Waals surface area (Å²) in [5, 5.41) is 0.215. The molecule has 1 N–H and O–H groups in total. The predicted octanol–water partition coefficient (Wildman–Crippen LogP) is 0.824. The molecular weight excluding hydrogens is 288 g/mol. The molecule has 0 amide bonds. The summed E-state index contributed by atoms with van der Waals surface area (Å²) in [5.74, 6) is 0.652. The molecule has 118 valence electrons. The minimum absolute atomic E-state index is 0.0814. The highest BCUT2D eigenvalue weighted by atomic mass is 16.7. The van der Waals surface area contributed by atoms with Crippen LogP contribution in [0.15, 0.2) is 24.9 Å². The summed E-state index contributed by atoms with van der Waals surface area (Å²) < 4.78 is 5.64. The number of hydrogen-bond acceptors (Lipinski definition) is 5. The lowest BCUT2D eigenvalue weighted by Gasteiger charge is -2.25. The first-order chi connectivity index (χ1) is 10.6. The van der Waals surface area contributed by atoms with Gasteiger partial charge in [0, 0.05) is 6.07 Å². The Labute approximate surface area is 125 Å². The van der Waals surface area contributed by atoms with E-state index in [1.54, 1.807) is 6.92 Å². The van der Waals surface area contributed by atoms with E-state index in [2.05, 4.69) is 4.98 Å². The van der Waals surface area contributed by atoms with Crippen molar-refractivity contribution in [2.24, 2.45) is 5.92 Å². The van der Waals surface area contributed by atoms with Gasteiger partial charge in [0.2, 0.25) is 5.71 Å². The van der Waals surface area contributed by atoms with E-state index in [1.807, 2.05) is 0 Å². The van der Waals surface area contributed by atoms with Crippen molar-refractivity contribution >= 4 is 11.1 Å². The fourth-order valence-electron chi connectivity index (χ4n) is 2.79. The Morgan fingerprint density at radius 3 is 2.77 bits per heavy atom. The molecule has 0 unspecified atom stereocenters. The van der Waals surface area contributed by atoms with Crippen molar-refractivity contribution in [3.8, 4) is 0 Å². The first-order valence-electron chi connectivity index (χ1n) is 7.55. The highest BCUT2D eigenvalue weighted by Crippen LogP contribution is 2.30. The van der Waals surface area contributed by atoms with Crippen molar-refractivity contribution in [3.63, 3.8) is 0 Å². The summed E-state index contributed by atoms with van der Waals surface area (Å²) >= 11 is 0. The Balaban J connectivity index is 2.12. The van der Waals surface area contributed by atoms with E-state index in [4.69, 9.17) is 9.25 Å². The van der Waals surface area contributed by atoms with Gasteiger partial charge in [0.25, 0.3) is 0 Å². The zero-order valence-electron chi connectivity index (χ0n) is 12.4. The summed E-state index contributed by atoms with van der Waals surface area (Å²) in [7, 11) is 0. The van der Waals surface area contributed by atoms with Crippen LogP contribution in [0.5, 0.6) is 0 Å². The largest absolute Gasteiger partial charge is 0.406 e. The molecule has 0 aliphatic heterocycles. The second kappa shape index (κ2) is 5.82. The van der Waals surface area contributed by atoms with Gasteiger partial charge in [0.1, 0.15) is 12.0 Å². The third kappa shape index (κ3) is 2.58.